The van der Waals surface area contributed by atoms with Gasteiger partial charge in [-0.3, -0.25) is 0 Å². The molecule has 0 aromatic rings. The molecule has 0 spiro atoms. The van der Waals surface area contributed by atoms with E-state index >= 15 is 0 Å². The molecule has 9 unspecified atom stereocenters. The number of fused-ring (bicyclic) bond motifs is 1. The number of cyclic esters (lactones) is 1. The van der Waals surface area contributed by atoms with Crippen LogP contribution in [0.4, 0.5) is 0 Å². The molecule has 2 saturated heterocycles. The number of hydrogen-bond donors (Lipinski definition) is 4. The first-order valence-electron chi connectivity index (χ1n) is 8.56. The number of carbonyl (C=O) groups is 1. The smallest absolute Gasteiger partial charge is 0.337 e. The van der Waals surface area contributed by atoms with Gasteiger partial charge in [0.2, 0.25) is 6.29 Å². The van der Waals surface area contributed by atoms with Crippen LogP contribution in [-0.4, -0.2) is 89.8 Å². The van der Waals surface area contributed by atoms with E-state index in [0.29, 0.717) is 0 Å². The number of methoxy groups -OCH3 is 1. The van der Waals surface area contributed by atoms with Gasteiger partial charge in [0.25, 0.3) is 0 Å². The van der Waals surface area contributed by atoms with E-state index in [2.05, 4.69) is 6.58 Å². The third kappa shape index (κ3) is 3.61. The van der Waals surface area contributed by atoms with Gasteiger partial charge in [0.05, 0.1) is 24.5 Å². The Morgan fingerprint density at radius 3 is 2.63 bits per heavy atom. The van der Waals surface area contributed by atoms with Crippen molar-refractivity contribution in [1.82, 2.24) is 0 Å². The third-order valence-electron chi connectivity index (χ3n) is 5.12. The van der Waals surface area contributed by atoms with Crippen LogP contribution in [0.15, 0.2) is 24.5 Å². The summed E-state index contributed by atoms with van der Waals surface area (Å²) < 4.78 is 27.0. The quantitative estimate of drug-likeness (QED) is 0.309. The lowest BCUT2D eigenvalue weighted by atomic mass is 9.79. The van der Waals surface area contributed by atoms with Crippen LogP contribution < -0.4 is 0 Å². The summed E-state index contributed by atoms with van der Waals surface area (Å²) in [5.41, 5.74) is 0.284. The molecular formula is C17H24O10. The molecule has 3 rings (SSSR count). The Labute approximate surface area is 155 Å². The maximum atomic E-state index is 12.0. The van der Waals surface area contributed by atoms with E-state index in [1.807, 2.05) is 0 Å². The normalized spacial score (nSPS) is 44.6. The van der Waals surface area contributed by atoms with Crippen LogP contribution in [0.2, 0.25) is 0 Å². The number of aliphatic hydroxyl groups is 4. The molecule has 0 radical (unpaired) electrons. The van der Waals surface area contributed by atoms with Gasteiger partial charge in [-0.2, -0.15) is 0 Å². The summed E-state index contributed by atoms with van der Waals surface area (Å²) in [6.07, 6.45) is -5.83. The number of aliphatic hydroxyl groups excluding tert-OH is 4. The monoisotopic (exact) mass is 388 g/mol. The van der Waals surface area contributed by atoms with Gasteiger partial charge < -0.3 is 44.1 Å². The number of carbonyl (C=O) groups excluding carboxylic acids is 1. The molecule has 152 valence electrons. The van der Waals surface area contributed by atoms with E-state index < -0.39 is 67.5 Å². The maximum Gasteiger partial charge on any atom is 0.337 e. The summed E-state index contributed by atoms with van der Waals surface area (Å²) in [5, 5.41) is 39.2. The molecular weight excluding hydrogens is 364 g/mol. The second kappa shape index (κ2) is 8.23. The second-order valence-electron chi connectivity index (χ2n) is 6.62. The zero-order valence-electron chi connectivity index (χ0n) is 14.7. The summed E-state index contributed by atoms with van der Waals surface area (Å²) >= 11 is 0. The SMILES string of the molecule is C=CC1C(OC2OC(CO)C(O)C(O)C2O)OC=C2C(=O)OCC(OC)C21. The zero-order chi connectivity index (χ0) is 19.7. The number of rotatable bonds is 5. The van der Waals surface area contributed by atoms with Crippen molar-refractivity contribution >= 4 is 5.97 Å². The van der Waals surface area contributed by atoms with Crippen LogP contribution >= 0.6 is 0 Å². The van der Waals surface area contributed by atoms with Crippen LogP contribution in [0.25, 0.3) is 0 Å². The molecule has 9 atom stereocenters. The average molecular weight is 388 g/mol. The minimum Gasteiger partial charge on any atom is -0.471 e. The summed E-state index contributed by atoms with van der Waals surface area (Å²) in [6, 6.07) is 0. The van der Waals surface area contributed by atoms with Gasteiger partial charge in [-0.25, -0.2) is 4.79 Å². The fourth-order valence-electron chi connectivity index (χ4n) is 3.57. The highest BCUT2D eigenvalue weighted by Crippen LogP contribution is 2.39. The lowest BCUT2D eigenvalue weighted by Crippen LogP contribution is -2.60. The molecule has 3 heterocycles. The standard InChI is InChI=1S/C17H24O10/c1-3-7-11-8(15(22)24-6-10(11)23-2)5-25-16(7)27-17-14(21)13(20)12(19)9(4-18)26-17/h3,5,7,9-14,16-21H,1,4,6H2,2H3. The highest BCUT2D eigenvalue weighted by atomic mass is 16.8. The molecule has 0 amide bonds. The van der Waals surface area contributed by atoms with Crippen molar-refractivity contribution in [3.05, 3.63) is 24.5 Å². The third-order valence-corrected chi connectivity index (χ3v) is 5.12. The topological polar surface area (TPSA) is 144 Å². The van der Waals surface area contributed by atoms with Crippen molar-refractivity contribution in [2.75, 3.05) is 20.3 Å². The first-order chi connectivity index (χ1) is 12.9. The Bertz CT molecular complexity index is 590. The van der Waals surface area contributed by atoms with Crippen molar-refractivity contribution in [2.45, 2.75) is 43.1 Å². The van der Waals surface area contributed by atoms with Crippen molar-refractivity contribution in [3.63, 3.8) is 0 Å². The fourth-order valence-corrected chi connectivity index (χ4v) is 3.57. The molecule has 27 heavy (non-hydrogen) atoms. The van der Waals surface area contributed by atoms with Gasteiger partial charge in [-0.1, -0.05) is 6.08 Å². The minimum atomic E-state index is -1.57. The first kappa shape index (κ1) is 20.2. The summed E-state index contributed by atoms with van der Waals surface area (Å²) in [6.45, 7) is 3.25. The number of hydrogen-bond acceptors (Lipinski definition) is 10. The van der Waals surface area contributed by atoms with Crippen molar-refractivity contribution in [2.24, 2.45) is 11.8 Å². The van der Waals surface area contributed by atoms with E-state index in [1.165, 1.54) is 19.4 Å². The molecule has 2 fully saturated rings. The Morgan fingerprint density at radius 2 is 2.00 bits per heavy atom. The zero-order valence-corrected chi connectivity index (χ0v) is 14.7. The number of esters is 1. The maximum absolute atomic E-state index is 12.0. The van der Waals surface area contributed by atoms with Crippen molar-refractivity contribution in [1.29, 1.82) is 0 Å². The molecule has 0 aliphatic carbocycles. The molecule has 0 aromatic carbocycles. The van der Waals surface area contributed by atoms with Crippen LogP contribution in [0, 0.1) is 11.8 Å². The van der Waals surface area contributed by atoms with Gasteiger partial charge in [-0.05, 0) is 0 Å². The second-order valence-corrected chi connectivity index (χ2v) is 6.62. The molecule has 0 bridgehead atoms. The van der Waals surface area contributed by atoms with E-state index in [9.17, 15) is 25.2 Å². The molecule has 3 aliphatic heterocycles. The average Bonchev–Trinajstić information content (AvgIpc) is 2.68. The molecule has 0 saturated carbocycles. The van der Waals surface area contributed by atoms with Crippen molar-refractivity contribution in [3.8, 4) is 0 Å². The molecule has 10 heteroatoms. The largest absolute Gasteiger partial charge is 0.471 e. The van der Waals surface area contributed by atoms with Crippen molar-refractivity contribution < 1.29 is 48.9 Å². The lowest BCUT2D eigenvalue weighted by molar-refractivity contribution is -0.340. The Kier molecular flexibility index (Phi) is 6.16. The lowest BCUT2D eigenvalue weighted by Gasteiger charge is -2.44. The summed E-state index contributed by atoms with van der Waals surface area (Å²) in [5.74, 6) is -1.51. The van der Waals surface area contributed by atoms with Crippen LogP contribution in [0.1, 0.15) is 0 Å². The van der Waals surface area contributed by atoms with Gasteiger partial charge in [0, 0.05) is 18.9 Å². The van der Waals surface area contributed by atoms with Crippen LogP contribution in [-0.2, 0) is 28.5 Å². The first-order valence-corrected chi connectivity index (χ1v) is 8.56. The fraction of sp³-hybridized carbons (Fsp3) is 0.706. The Hall–Kier alpha value is -1.53. The van der Waals surface area contributed by atoms with E-state index in [-0.39, 0.29) is 12.2 Å². The van der Waals surface area contributed by atoms with Crippen LogP contribution in [0.3, 0.4) is 0 Å². The van der Waals surface area contributed by atoms with Gasteiger partial charge >= 0.3 is 5.97 Å². The van der Waals surface area contributed by atoms with Gasteiger partial charge in [0.15, 0.2) is 6.29 Å². The van der Waals surface area contributed by atoms with Gasteiger partial charge in [0.1, 0.15) is 31.0 Å². The predicted octanol–water partition coefficient (Wildman–Crippen LogP) is -1.97. The summed E-state index contributed by atoms with van der Waals surface area (Å²) in [4.78, 5) is 12.0. The van der Waals surface area contributed by atoms with Crippen LogP contribution in [0.5, 0.6) is 0 Å². The highest BCUT2D eigenvalue weighted by molar-refractivity contribution is 5.90. The van der Waals surface area contributed by atoms with E-state index in [1.54, 1.807) is 0 Å². The molecule has 4 N–H and O–H groups in total. The molecule has 0 aromatic heterocycles. The number of ether oxygens (including phenoxy) is 5. The van der Waals surface area contributed by atoms with E-state index in [0.717, 1.165) is 0 Å². The molecule has 10 nitrogen and oxygen atoms in total. The Balaban J connectivity index is 1.80. The Morgan fingerprint density at radius 1 is 1.26 bits per heavy atom. The highest BCUT2D eigenvalue weighted by Gasteiger charge is 2.50. The molecule has 3 aliphatic rings. The van der Waals surface area contributed by atoms with E-state index in [4.69, 9.17) is 23.7 Å². The van der Waals surface area contributed by atoms with Gasteiger partial charge in [-0.15, -0.1) is 6.58 Å². The minimum absolute atomic E-state index is 0.0639. The predicted molar refractivity (Wildman–Crippen MR) is 86.7 cm³/mol. The summed E-state index contributed by atoms with van der Waals surface area (Å²) in [7, 11) is 1.49.